The summed E-state index contributed by atoms with van der Waals surface area (Å²) in [7, 11) is 4.24. The highest BCUT2D eigenvalue weighted by atomic mass is 16.5. The van der Waals surface area contributed by atoms with Crippen LogP contribution in [0.1, 0.15) is 18.1 Å². The zero-order valence-electron chi connectivity index (χ0n) is 11.7. The van der Waals surface area contributed by atoms with Gasteiger partial charge in [-0.25, -0.2) is 0 Å². The third-order valence-electron chi connectivity index (χ3n) is 3.67. The first-order valence-electron chi connectivity index (χ1n) is 6.78. The topological polar surface area (TPSA) is 24.5 Å². The van der Waals surface area contributed by atoms with Crippen LogP contribution in [0.3, 0.4) is 0 Å². The van der Waals surface area contributed by atoms with Crippen LogP contribution >= 0.6 is 0 Å². The van der Waals surface area contributed by atoms with Gasteiger partial charge in [0.05, 0.1) is 6.61 Å². The molecule has 3 nitrogen and oxygen atoms in total. The largest absolute Gasteiger partial charge is 0.493 e. The minimum absolute atomic E-state index is 0.582. The molecule has 0 saturated heterocycles. The van der Waals surface area contributed by atoms with E-state index in [4.69, 9.17) is 4.74 Å². The van der Waals surface area contributed by atoms with E-state index < -0.39 is 0 Å². The van der Waals surface area contributed by atoms with E-state index in [1.54, 1.807) is 0 Å². The van der Waals surface area contributed by atoms with E-state index in [1.165, 1.54) is 11.1 Å². The molecule has 1 atom stereocenters. The number of hydrogen-bond acceptors (Lipinski definition) is 3. The lowest BCUT2D eigenvalue weighted by Gasteiger charge is -2.20. The Morgan fingerprint density at radius 2 is 2.22 bits per heavy atom. The van der Waals surface area contributed by atoms with Crippen LogP contribution in [0.2, 0.25) is 0 Å². The van der Waals surface area contributed by atoms with Gasteiger partial charge in [0, 0.05) is 19.0 Å². The second kappa shape index (κ2) is 6.21. The summed E-state index contributed by atoms with van der Waals surface area (Å²) in [5, 5.41) is 3.51. The van der Waals surface area contributed by atoms with Crippen molar-refractivity contribution in [1.29, 1.82) is 0 Å². The van der Waals surface area contributed by atoms with E-state index >= 15 is 0 Å². The molecule has 1 unspecified atom stereocenters. The normalized spacial score (nSPS) is 15.6. The summed E-state index contributed by atoms with van der Waals surface area (Å²) >= 11 is 0. The van der Waals surface area contributed by atoms with Crippen LogP contribution in [0.25, 0.3) is 0 Å². The molecule has 0 saturated carbocycles. The van der Waals surface area contributed by atoms with E-state index in [1.807, 2.05) is 0 Å². The molecule has 0 spiro atoms. The molecule has 2 rings (SSSR count). The molecule has 3 heteroatoms. The average molecular weight is 248 g/mol. The van der Waals surface area contributed by atoms with Gasteiger partial charge in [0.1, 0.15) is 5.75 Å². The summed E-state index contributed by atoms with van der Waals surface area (Å²) in [5.41, 5.74) is 2.78. The number of nitrogens with one attached hydrogen (secondary N) is 1. The van der Waals surface area contributed by atoms with Crippen molar-refractivity contribution in [1.82, 2.24) is 10.2 Å². The quantitative estimate of drug-likeness (QED) is 0.776. The lowest BCUT2D eigenvalue weighted by molar-refractivity contribution is 0.303. The Bertz CT molecular complexity index is 390. The molecule has 0 radical (unpaired) electrons. The van der Waals surface area contributed by atoms with Crippen LogP contribution in [0, 0.1) is 0 Å². The number of rotatable bonds is 6. The number of likely N-dealkylation sites (N-methyl/N-ethyl adjacent to an activating group) is 1. The van der Waals surface area contributed by atoms with E-state index in [0.29, 0.717) is 6.04 Å². The Kier molecular flexibility index (Phi) is 4.61. The second-order valence-corrected chi connectivity index (χ2v) is 5.31. The van der Waals surface area contributed by atoms with Crippen molar-refractivity contribution in [2.75, 3.05) is 33.8 Å². The van der Waals surface area contributed by atoms with Crippen LogP contribution in [0.4, 0.5) is 0 Å². The van der Waals surface area contributed by atoms with Crippen molar-refractivity contribution < 1.29 is 4.74 Å². The van der Waals surface area contributed by atoms with Gasteiger partial charge in [-0.2, -0.15) is 0 Å². The van der Waals surface area contributed by atoms with Gasteiger partial charge in [0.25, 0.3) is 0 Å². The molecule has 0 aliphatic carbocycles. The van der Waals surface area contributed by atoms with Gasteiger partial charge in [-0.15, -0.1) is 0 Å². The molecule has 1 aliphatic rings. The lowest BCUT2D eigenvalue weighted by atomic mass is 10.1. The third kappa shape index (κ3) is 3.47. The minimum Gasteiger partial charge on any atom is -0.493 e. The Morgan fingerprint density at radius 3 is 3.00 bits per heavy atom. The van der Waals surface area contributed by atoms with Gasteiger partial charge in [-0.1, -0.05) is 12.1 Å². The van der Waals surface area contributed by atoms with Gasteiger partial charge >= 0.3 is 0 Å². The van der Waals surface area contributed by atoms with Crippen molar-refractivity contribution >= 4 is 0 Å². The molecule has 1 N–H and O–H groups in total. The zero-order valence-corrected chi connectivity index (χ0v) is 11.7. The number of nitrogens with zero attached hydrogens (tertiary/aromatic N) is 1. The first-order valence-corrected chi connectivity index (χ1v) is 6.78. The number of hydrogen-bond donors (Lipinski definition) is 1. The van der Waals surface area contributed by atoms with Gasteiger partial charge in [-0.05, 0) is 51.2 Å². The molecule has 1 aromatic rings. The molecule has 0 fully saturated rings. The fourth-order valence-corrected chi connectivity index (χ4v) is 2.12. The van der Waals surface area contributed by atoms with Crippen LogP contribution in [0.15, 0.2) is 18.2 Å². The van der Waals surface area contributed by atoms with Crippen molar-refractivity contribution in [2.45, 2.75) is 25.8 Å². The molecule has 1 aromatic carbocycles. The average Bonchev–Trinajstić information content (AvgIpc) is 2.81. The highest BCUT2D eigenvalue weighted by Gasteiger charge is 2.11. The van der Waals surface area contributed by atoms with Crippen LogP contribution in [-0.2, 0) is 12.8 Å². The first-order chi connectivity index (χ1) is 8.66. The Morgan fingerprint density at radius 1 is 1.39 bits per heavy atom. The maximum Gasteiger partial charge on any atom is 0.122 e. The first kappa shape index (κ1) is 13.4. The van der Waals surface area contributed by atoms with Crippen LogP contribution in [-0.4, -0.2) is 44.7 Å². The summed E-state index contributed by atoms with van der Waals surface area (Å²) in [5.74, 6) is 1.08. The molecule has 18 heavy (non-hydrogen) atoms. The van der Waals surface area contributed by atoms with Crippen LogP contribution in [0.5, 0.6) is 5.75 Å². The minimum atomic E-state index is 0.582. The second-order valence-electron chi connectivity index (χ2n) is 5.31. The smallest absolute Gasteiger partial charge is 0.122 e. The zero-order chi connectivity index (χ0) is 13.0. The maximum atomic E-state index is 5.52. The Balaban J connectivity index is 1.74. The predicted molar refractivity (Wildman–Crippen MR) is 75.4 cm³/mol. The molecular formula is C15H24N2O. The molecule has 0 amide bonds. The fraction of sp³-hybridized carbons (Fsp3) is 0.600. The van der Waals surface area contributed by atoms with E-state index in [0.717, 1.165) is 38.3 Å². The van der Waals surface area contributed by atoms with Crippen LogP contribution < -0.4 is 10.1 Å². The monoisotopic (exact) mass is 248 g/mol. The molecule has 0 aromatic heterocycles. The highest BCUT2D eigenvalue weighted by Crippen LogP contribution is 2.25. The van der Waals surface area contributed by atoms with Crippen molar-refractivity contribution in [2.24, 2.45) is 0 Å². The maximum absolute atomic E-state index is 5.52. The molecular weight excluding hydrogens is 224 g/mol. The summed E-state index contributed by atoms with van der Waals surface area (Å²) in [6.45, 7) is 5.16. The summed E-state index contributed by atoms with van der Waals surface area (Å²) in [6.07, 6.45) is 2.15. The van der Waals surface area contributed by atoms with Gasteiger partial charge in [0.2, 0.25) is 0 Å². The Hall–Kier alpha value is -1.06. The van der Waals surface area contributed by atoms with Crippen molar-refractivity contribution in [3.05, 3.63) is 29.3 Å². The fourth-order valence-electron chi connectivity index (χ4n) is 2.12. The van der Waals surface area contributed by atoms with E-state index in [2.05, 4.69) is 49.4 Å². The Labute approximate surface area is 110 Å². The van der Waals surface area contributed by atoms with Gasteiger partial charge < -0.3 is 15.0 Å². The lowest BCUT2D eigenvalue weighted by Crippen LogP contribution is -2.36. The molecule has 1 aliphatic heterocycles. The molecule has 0 bridgehead atoms. The van der Waals surface area contributed by atoms with Crippen molar-refractivity contribution in [3.63, 3.8) is 0 Å². The van der Waals surface area contributed by atoms with Gasteiger partial charge in [-0.3, -0.25) is 0 Å². The van der Waals surface area contributed by atoms with E-state index in [9.17, 15) is 0 Å². The SMILES string of the molecule is CC(CNCCc1ccc2c(c1)CCO2)N(C)C. The summed E-state index contributed by atoms with van der Waals surface area (Å²) < 4.78 is 5.52. The highest BCUT2D eigenvalue weighted by molar-refractivity contribution is 5.39. The van der Waals surface area contributed by atoms with E-state index in [-0.39, 0.29) is 0 Å². The summed E-state index contributed by atoms with van der Waals surface area (Å²) in [4.78, 5) is 2.24. The third-order valence-corrected chi connectivity index (χ3v) is 3.67. The predicted octanol–water partition coefficient (Wildman–Crippen LogP) is 1.70. The molecule has 1 heterocycles. The van der Waals surface area contributed by atoms with Gasteiger partial charge in [0.15, 0.2) is 0 Å². The molecule has 100 valence electrons. The van der Waals surface area contributed by atoms with Crippen molar-refractivity contribution in [3.8, 4) is 5.75 Å². The summed E-state index contributed by atoms with van der Waals surface area (Å²) in [6, 6.07) is 7.17. The number of fused-ring (bicyclic) bond motifs is 1. The standard InChI is InChI=1S/C15H24N2O/c1-12(17(2)3)11-16-8-6-13-4-5-15-14(10-13)7-9-18-15/h4-5,10,12,16H,6-9,11H2,1-3H3. The number of ether oxygens (including phenoxy) is 1. The number of benzene rings is 1.